The summed E-state index contributed by atoms with van der Waals surface area (Å²) in [6.45, 7) is 4.61. The van der Waals surface area contributed by atoms with Gasteiger partial charge in [-0.05, 0) is 23.3 Å². The van der Waals surface area contributed by atoms with Crippen LogP contribution in [0.4, 0.5) is 0 Å². The summed E-state index contributed by atoms with van der Waals surface area (Å²) >= 11 is 6.18. The molecule has 1 heterocycles. The van der Waals surface area contributed by atoms with E-state index in [0.717, 1.165) is 23.3 Å². The maximum atomic E-state index is 6.18. The fourth-order valence-electron chi connectivity index (χ4n) is 1.71. The molecule has 0 bridgehead atoms. The Bertz CT molecular complexity index is 549. The highest BCUT2D eigenvalue weighted by Crippen LogP contribution is 2.33. The Morgan fingerprint density at radius 2 is 2.28 bits per heavy atom. The lowest BCUT2D eigenvalue weighted by Gasteiger charge is -2.06. The molecule has 5 heteroatoms. The van der Waals surface area contributed by atoms with Gasteiger partial charge in [0, 0.05) is 24.4 Å². The van der Waals surface area contributed by atoms with Crippen molar-refractivity contribution in [3.05, 3.63) is 46.9 Å². The van der Waals surface area contributed by atoms with E-state index < -0.39 is 0 Å². The summed E-state index contributed by atoms with van der Waals surface area (Å²) in [5.41, 5.74) is 13.3. The number of nitrogens with zero attached hydrogens (tertiary/aromatic N) is 1. The molecule has 0 radical (unpaired) electrons. The third-order valence-corrected chi connectivity index (χ3v) is 2.98. The van der Waals surface area contributed by atoms with Crippen LogP contribution in [0.3, 0.4) is 0 Å². The summed E-state index contributed by atoms with van der Waals surface area (Å²) in [5, 5.41) is 0.586. The molecule has 0 spiro atoms. The molecule has 4 nitrogen and oxygen atoms in total. The molecule has 0 aromatic heterocycles. The lowest BCUT2D eigenvalue weighted by atomic mass is 10.0. The van der Waals surface area contributed by atoms with Crippen molar-refractivity contribution in [2.45, 2.75) is 6.42 Å². The van der Waals surface area contributed by atoms with Crippen LogP contribution in [0.2, 0.25) is 5.02 Å². The Morgan fingerprint density at radius 1 is 1.50 bits per heavy atom. The van der Waals surface area contributed by atoms with E-state index in [2.05, 4.69) is 11.6 Å². The van der Waals surface area contributed by atoms with Crippen molar-refractivity contribution in [3.8, 4) is 5.75 Å². The molecule has 94 valence electrons. The molecule has 0 saturated heterocycles. The largest absolute Gasteiger partial charge is 0.493 e. The Morgan fingerprint density at radius 3 is 3.00 bits per heavy atom. The highest BCUT2D eigenvalue weighted by atomic mass is 35.5. The van der Waals surface area contributed by atoms with Crippen LogP contribution in [0.25, 0.3) is 5.57 Å². The van der Waals surface area contributed by atoms with Gasteiger partial charge in [-0.25, -0.2) is 4.99 Å². The van der Waals surface area contributed by atoms with E-state index in [1.54, 1.807) is 12.3 Å². The molecule has 2 rings (SSSR count). The van der Waals surface area contributed by atoms with Crippen LogP contribution in [-0.4, -0.2) is 12.8 Å². The van der Waals surface area contributed by atoms with Crippen molar-refractivity contribution >= 4 is 23.4 Å². The van der Waals surface area contributed by atoms with E-state index in [-0.39, 0.29) is 5.82 Å². The highest BCUT2D eigenvalue weighted by molar-refractivity contribution is 6.34. The predicted octanol–water partition coefficient (Wildman–Crippen LogP) is 2.08. The van der Waals surface area contributed by atoms with Crippen LogP contribution >= 0.6 is 11.6 Å². The molecular weight excluding hydrogens is 250 g/mol. The van der Waals surface area contributed by atoms with Crippen molar-refractivity contribution in [2.75, 3.05) is 6.61 Å². The van der Waals surface area contributed by atoms with Gasteiger partial charge >= 0.3 is 0 Å². The SMILES string of the molecule is C=C(/C=N\C(N)=C/N)c1cc2c(cc1Cl)OCC2. The molecule has 0 atom stereocenters. The molecule has 18 heavy (non-hydrogen) atoms. The van der Waals surface area contributed by atoms with Gasteiger partial charge in [-0.1, -0.05) is 18.2 Å². The molecule has 0 unspecified atom stereocenters. The van der Waals surface area contributed by atoms with Gasteiger partial charge in [0.1, 0.15) is 11.6 Å². The second kappa shape index (κ2) is 5.14. The van der Waals surface area contributed by atoms with Gasteiger partial charge in [-0.2, -0.15) is 0 Å². The van der Waals surface area contributed by atoms with Crippen LogP contribution in [0.1, 0.15) is 11.1 Å². The lowest BCUT2D eigenvalue weighted by Crippen LogP contribution is -1.98. The van der Waals surface area contributed by atoms with Gasteiger partial charge in [0.05, 0.1) is 11.6 Å². The molecule has 0 saturated carbocycles. The number of aliphatic imine (C=N–C) groups is 1. The number of hydrogen-bond donors (Lipinski definition) is 2. The van der Waals surface area contributed by atoms with Gasteiger partial charge in [0.25, 0.3) is 0 Å². The first-order chi connectivity index (χ1) is 8.61. The molecule has 0 amide bonds. The normalized spacial score (nSPS) is 14.6. The average Bonchev–Trinajstić information content (AvgIpc) is 2.81. The molecule has 0 fully saturated rings. The molecule has 0 aliphatic carbocycles. The maximum absolute atomic E-state index is 6.18. The van der Waals surface area contributed by atoms with Crippen molar-refractivity contribution in [1.82, 2.24) is 0 Å². The Labute approximate surface area is 111 Å². The third-order valence-electron chi connectivity index (χ3n) is 2.67. The third kappa shape index (κ3) is 2.49. The van der Waals surface area contributed by atoms with Crippen LogP contribution in [0, 0.1) is 0 Å². The monoisotopic (exact) mass is 263 g/mol. The second-order valence-electron chi connectivity index (χ2n) is 3.91. The minimum Gasteiger partial charge on any atom is -0.493 e. The number of hydrogen-bond acceptors (Lipinski definition) is 4. The maximum Gasteiger partial charge on any atom is 0.138 e. The second-order valence-corrected chi connectivity index (χ2v) is 4.32. The Hall–Kier alpha value is -1.94. The summed E-state index contributed by atoms with van der Waals surface area (Å²) in [4.78, 5) is 3.95. The standard InChI is InChI=1S/C13H14ClN3O/c1-8(7-17-13(16)6-15)10-4-9-2-3-18-12(9)5-11(10)14/h4-7H,1-3,15-16H2/b13-6-,17-7-. The van der Waals surface area contributed by atoms with Gasteiger partial charge in [-0.15, -0.1) is 0 Å². The number of allylic oxidation sites excluding steroid dienone is 1. The zero-order valence-electron chi connectivity index (χ0n) is 9.82. The summed E-state index contributed by atoms with van der Waals surface area (Å²) in [6.07, 6.45) is 3.65. The zero-order chi connectivity index (χ0) is 13.1. The summed E-state index contributed by atoms with van der Waals surface area (Å²) in [5.74, 6) is 1.08. The van der Waals surface area contributed by atoms with E-state index in [4.69, 9.17) is 27.8 Å². The first kappa shape index (κ1) is 12.5. The smallest absolute Gasteiger partial charge is 0.138 e. The van der Waals surface area contributed by atoms with E-state index in [1.165, 1.54) is 6.20 Å². The Balaban J connectivity index is 2.29. The van der Waals surface area contributed by atoms with E-state index in [0.29, 0.717) is 17.2 Å². The van der Waals surface area contributed by atoms with Crippen LogP contribution in [0.15, 0.2) is 35.7 Å². The summed E-state index contributed by atoms with van der Waals surface area (Å²) < 4.78 is 5.44. The fraction of sp³-hybridized carbons (Fsp3) is 0.154. The topological polar surface area (TPSA) is 73.6 Å². The summed E-state index contributed by atoms with van der Waals surface area (Å²) in [6, 6.07) is 3.78. The zero-order valence-corrected chi connectivity index (χ0v) is 10.6. The molecule has 1 aliphatic rings. The molecule has 1 aromatic carbocycles. The predicted molar refractivity (Wildman–Crippen MR) is 74.6 cm³/mol. The van der Waals surface area contributed by atoms with Crippen LogP contribution < -0.4 is 16.2 Å². The first-order valence-electron chi connectivity index (χ1n) is 5.47. The number of rotatable bonds is 3. The number of ether oxygens (including phenoxy) is 1. The van der Waals surface area contributed by atoms with Crippen molar-refractivity contribution < 1.29 is 4.74 Å². The van der Waals surface area contributed by atoms with E-state index in [9.17, 15) is 0 Å². The molecular formula is C13H14ClN3O. The van der Waals surface area contributed by atoms with Gasteiger partial charge in [0.15, 0.2) is 0 Å². The minimum absolute atomic E-state index is 0.233. The molecule has 1 aliphatic heterocycles. The van der Waals surface area contributed by atoms with E-state index >= 15 is 0 Å². The fourth-order valence-corrected chi connectivity index (χ4v) is 1.99. The summed E-state index contributed by atoms with van der Waals surface area (Å²) in [7, 11) is 0. The number of benzene rings is 1. The number of halogens is 1. The number of fused-ring (bicyclic) bond motifs is 1. The quantitative estimate of drug-likeness (QED) is 0.820. The van der Waals surface area contributed by atoms with Gasteiger partial charge < -0.3 is 16.2 Å². The van der Waals surface area contributed by atoms with Crippen molar-refractivity contribution in [2.24, 2.45) is 16.5 Å². The first-order valence-corrected chi connectivity index (χ1v) is 5.85. The molecule has 1 aromatic rings. The molecule has 4 N–H and O–H groups in total. The Kier molecular flexibility index (Phi) is 3.58. The minimum atomic E-state index is 0.233. The lowest BCUT2D eigenvalue weighted by molar-refractivity contribution is 0.357. The van der Waals surface area contributed by atoms with Crippen molar-refractivity contribution in [3.63, 3.8) is 0 Å². The van der Waals surface area contributed by atoms with Crippen molar-refractivity contribution in [1.29, 1.82) is 0 Å². The average molecular weight is 264 g/mol. The van der Waals surface area contributed by atoms with Crippen LogP contribution in [-0.2, 0) is 6.42 Å². The van der Waals surface area contributed by atoms with Gasteiger partial charge in [-0.3, -0.25) is 0 Å². The van der Waals surface area contributed by atoms with E-state index in [1.807, 2.05) is 6.07 Å². The highest BCUT2D eigenvalue weighted by Gasteiger charge is 2.15. The number of nitrogens with two attached hydrogens (primary N) is 2. The van der Waals surface area contributed by atoms with Crippen LogP contribution in [0.5, 0.6) is 5.75 Å². The van der Waals surface area contributed by atoms with Gasteiger partial charge in [0.2, 0.25) is 0 Å².